The molecule has 152 valence electrons. The normalized spacial score (nSPS) is 12.3. The molecule has 0 unspecified atom stereocenters. The van der Waals surface area contributed by atoms with Gasteiger partial charge in [0.2, 0.25) is 15.9 Å². The van der Waals surface area contributed by atoms with Gasteiger partial charge in [-0.3, -0.25) is 4.79 Å². The molecule has 1 amide bonds. The van der Waals surface area contributed by atoms with Crippen molar-refractivity contribution in [3.63, 3.8) is 0 Å². The Bertz CT molecular complexity index is 983. The van der Waals surface area contributed by atoms with Crippen molar-refractivity contribution < 1.29 is 26.4 Å². The first-order valence-corrected chi connectivity index (χ1v) is 9.76. The Kier molecular flexibility index (Phi) is 6.20. The van der Waals surface area contributed by atoms with E-state index in [0.29, 0.717) is 22.4 Å². The molecule has 2 aromatic rings. The monoisotopic (exact) mass is 414 g/mol. The molecule has 2 rings (SSSR count). The topological polar surface area (TPSA) is 66.5 Å². The van der Waals surface area contributed by atoms with E-state index in [1.54, 1.807) is 13.8 Å². The van der Waals surface area contributed by atoms with Crippen LogP contribution in [0.5, 0.6) is 0 Å². The Balaban J connectivity index is 2.23. The van der Waals surface area contributed by atoms with Gasteiger partial charge >= 0.3 is 6.18 Å². The molecule has 0 spiro atoms. The number of benzene rings is 2. The van der Waals surface area contributed by atoms with E-state index >= 15 is 0 Å². The third kappa shape index (κ3) is 4.90. The molecule has 0 saturated heterocycles. The molecular weight excluding hydrogens is 393 g/mol. The van der Waals surface area contributed by atoms with Crippen LogP contribution in [0.2, 0.25) is 0 Å². The average Bonchev–Trinajstić information content (AvgIpc) is 2.58. The van der Waals surface area contributed by atoms with Crippen LogP contribution in [-0.2, 0) is 27.4 Å². The summed E-state index contributed by atoms with van der Waals surface area (Å²) in [6.07, 6.45) is -4.57. The number of amides is 1. The molecule has 0 aromatic heterocycles. The summed E-state index contributed by atoms with van der Waals surface area (Å²) >= 11 is 0. The predicted molar refractivity (Wildman–Crippen MR) is 101 cm³/mol. The van der Waals surface area contributed by atoms with Crippen molar-refractivity contribution in [3.8, 4) is 0 Å². The zero-order valence-electron chi connectivity index (χ0n) is 15.9. The summed E-state index contributed by atoms with van der Waals surface area (Å²) in [7, 11) is -0.856. The molecule has 1 N–H and O–H groups in total. The number of sulfonamides is 1. The fourth-order valence-corrected chi connectivity index (χ4v) is 3.52. The third-order valence-electron chi connectivity index (χ3n) is 4.34. The number of hydrogen-bond donors (Lipinski definition) is 1. The zero-order valence-corrected chi connectivity index (χ0v) is 16.7. The predicted octanol–water partition coefficient (Wildman–Crippen LogP) is 3.75. The molecule has 0 saturated carbocycles. The van der Waals surface area contributed by atoms with Crippen molar-refractivity contribution in [1.29, 1.82) is 0 Å². The lowest BCUT2D eigenvalue weighted by molar-refractivity contribution is -0.137. The van der Waals surface area contributed by atoms with Gasteiger partial charge in [-0.25, -0.2) is 12.7 Å². The van der Waals surface area contributed by atoms with Crippen LogP contribution in [-0.4, -0.2) is 32.7 Å². The quantitative estimate of drug-likeness (QED) is 0.810. The minimum Gasteiger partial charge on any atom is -0.326 e. The van der Waals surface area contributed by atoms with Crippen molar-refractivity contribution in [2.75, 3.05) is 19.4 Å². The largest absolute Gasteiger partial charge is 0.416 e. The Morgan fingerprint density at radius 2 is 1.64 bits per heavy atom. The van der Waals surface area contributed by atoms with E-state index in [2.05, 4.69) is 5.32 Å². The average molecular weight is 414 g/mol. The molecule has 0 atom stereocenters. The summed E-state index contributed by atoms with van der Waals surface area (Å²) < 4.78 is 63.6. The number of alkyl halides is 3. The number of nitrogens with one attached hydrogen (secondary N) is 1. The maximum Gasteiger partial charge on any atom is 0.416 e. The SMILES string of the molecule is Cc1cc(S(=O)(=O)N(C)C)cc(NC(=O)Cc2ccc(C(F)(F)F)cc2)c1C. The highest BCUT2D eigenvalue weighted by Gasteiger charge is 2.30. The van der Waals surface area contributed by atoms with Gasteiger partial charge in [-0.05, 0) is 54.8 Å². The van der Waals surface area contributed by atoms with Crippen LogP contribution in [0.15, 0.2) is 41.3 Å². The van der Waals surface area contributed by atoms with Crippen LogP contribution in [0.3, 0.4) is 0 Å². The van der Waals surface area contributed by atoms with Crippen molar-refractivity contribution in [1.82, 2.24) is 4.31 Å². The Hall–Kier alpha value is -2.39. The maximum absolute atomic E-state index is 12.6. The van der Waals surface area contributed by atoms with Crippen LogP contribution in [0.1, 0.15) is 22.3 Å². The first-order valence-electron chi connectivity index (χ1n) is 8.32. The molecule has 0 fully saturated rings. The second-order valence-corrected chi connectivity index (χ2v) is 8.77. The van der Waals surface area contributed by atoms with Gasteiger partial charge < -0.3 is 5.32 Å². The lowest BCUT2D eigenvalue weighted by atomic mass is 10.1. The van der Waals surface area contributed by atoms with E-state index in [1.807, 2.05) is 0 Å². The maximum atomic E-state index is 12.6. The van der Waals surface area contributed by atoms with Crippen molar-refractivity contribution in [2.45, 2.75) is 31.3 Å². The molecule has 9 heteroatoms. The Morgan fingerprint density at radius 1 is 1.07 bits per heavy atom. The molecule has 28 heavy (non-hydrogen) atoms. The van der Waals surface area contributed by atoms with Crippen molar-refractivity contribution >= 4 is 21.6 Å². The van der Waals surface area contributed by atoms with Gasteiger partial charge in [0.25, 0.3) is 0 Å². The van der Waals surface area contributed by atoms with Crippen LogP contribution in [0.25, 0.3) is 0 Å². The molecule has 0 aliphatic carbocycles. The molecule has 0 radical (unpaired) electrons. The fourth-order valence-electron chi connectivity index (χ4n) is 2.51. The number of carbonyl (C=O) groups is 1. The van der Waals surface area contributed by atoms with Gasteiger partial charge in [0.05, 0.1) is 16.9 Å². The van der Waals surface area contributed by atoms with Crippen LogP contribution in [0.4, 0.5) is 18.9 Å². The Labute approximate surface area is 162 Å². The molecule has 0 heterocycles. The summed E-state index contributed by atoms with van der Waals surface area (Å²) in [6.45, 7) is 3.48. The van der Waals surface area contributed by atoms with E-state index in [0.717, 1.165) is 16.4 Å². The second kappa shape index (κ2) is 7.92. The van der Waals surface area contributed by atoms with E-state index in [4.69, 9.17) is 0 Å². The summed E-state index contributed by atoms with van der Waals surface area (Å²) in [6, 6.07) is 7.23. The van der Waals surface area contributed by atoms with Crippen molar-refractivity contribution in [2.24, 2.45) is 0 Å². The second-order valence-electron chi connectivity index (χ2n) is 6.62. The van der Waals surface area contributed by atoms with Gasteiger partial charge in [-0.2, -0.15) is 13.2 Å². The van der Waals surface area contributed by atoms with E-state index in [9.17, 15) is 26.4 Å². The van der Waals surface area contributed by atoms with Gasteiger partial charge in [0, 0.05) is 19.8 Å². The number of hydrogen-bond acceptors (Lipinski definition) is 3. The molecule has 0 aliphatic heterocycles. The first-order chi connectivity index (χ1) is 12.8. The highest BCUT2D eigenvalue weighted by molar-refractivity contribution is 7.89. The molecule has 2 aromatic carbocycles. The summed E-state index contributed by atoms with van der Waals surface area (Å²) in [5.41, 5.74) is 1.37. The van der Waals surface area contributed by atoms with Gasteiger partial charge in [-0.15, -0.1) is 0 Å². The molecular formula is C19H21F3N2O3S. The van der Waals surface area contributed by atoms with E-state index < -0.39 is 27.7 Å². The summed E-state index contributed by atoms with van der Waals surface area (Å²) in [5, 5.41) is 2.65. The lowest BCUT2D eigenvalue weighted by Crippen LogP contribution is -2.23. The van der Waals surface area contributed by atoms with Gasteiger partial charge in [0.1, 0.15) is 0 Å². The van der Waals surface area contributed by atoms with Crippen molar-refractivity contribution in [3.05, 3.63) is 58.7 Å². The highest BCUT2D eigenvalue weighted by Crippen LogP contribution is 2.29. The number of anilines is 1. The fraction of sp³-hybridized carbons (Fsp3) is 0.316. The smallest absolute Gasteiger partial charge is 0.326 e. The number of aryl methyl sites for hydroxylation is 1. The number of nitrogens with zero attached hydrogens (tertiary/aromatic N) is 1. The number of carbonyl (C=O) groups excluding carboxylic acids is 1. The van der Waals surface area contributed by atoms with Crippen LogP contribution in [0, 0.1) is 13.8 Å². The van der Waals surface area contributed by atoms with Crippen LogP contribution < -0.4 is 5.32 Å². The third-order valence-corrected chi connectivity index (χ3v) is 6.13. The number of rotatable bonds is 5. The standard InChI is InChI=1S/C19H21F3N2O3S/c1-12-9-16(28(26,27)24(3)4)11-17(13(12)2)23-18(25)10-14-5-7-15(8-6-14)19(20,21)22/h5-9,11H,10H2,1-4H3,(H,23,25). The van der Waals surface area contributed by atoms with E-state index in [1.165, 1.54) is 38.4 Å². The molecule has 0 aliphatic rings. The number of halogens is 3. The summed E-state index contributed by atoms with van der Waals surface area (Å²) in [5.74, 6) is -0.457. The van der Waals surface area contributed by atoms with Crippen LogP contribution >= 0.6 is 0 Å². The molecule has 5 nitrogen and oxygen atoms in total. The van der Waals surface area contributed by atoms with E-state index in [-0.39, 0.29) is 11.3 Å². The van der Waals surface area contributed by atoms with Gasteiger partial charge in [-0.1, -0.05) is 12.1 Å². The first kappa shape index (κ1) is 21.9. The minimum absolute atomic E-state index is 0.0467. The Morgan fingerprint density at radius 3 is 2.14 bits per heavy atom. The molecule has 0 bridgehead atoms. The summed E-state index contributed by atoms with van der Waals surface area (Å²) in [4.78, 5) is 12.4. The zero-order chi connectivity index (χ0) is 21.3. The van der Waals surface area contributed by atoms with Gasteiger partial charge in [0.15, 0.2) is 0 Å². The minimum atomic E-state index is -4.44. The highest BCUT2D eigenvalue weighted by atomic mass is 32.2. The lowest BCUT2D eigenvalue weighted by Gasteiger charge is -2.16.